The van der Waals surface area contributed by atoms with E-state index in [4.69, 9.17) is 6.42 Å². The Morgan fingerprint density at radius 2 is 2.00 bits per heavy atom. The van der Waals surface area contributed by atoms with Gasteiger partial charge < -0.3 is 0 Å². The molecular formula is C12H12N2O. The summed E-state index contributed by atoms with van der Waals surface area (Å²) in [5.74, 6) is 2.55. The van der Waals surface area contributed by atoms with Gasteiger partial charge in [-0.05, 0) is 12.1 Å². The molecule has 0 bridgehead atoms. The van der Waals surface area contributed by atoms with Crippen LogP contribution in [-0.4, -0.2) is 9.13 Å². The van der Waals surface area contributed by atoms with Gasteiger partial charge in [0.15, 0.2) is 0 Å². The maximum absolute atomic E-state index is 11.9. The molecule has 1 aromatic heterocycles. The number of fused-ring (bicyclic) bond motifs is 1. The molecule has 3 heteroatoms. The van der Waals surface area contributed by atoms with E-state index in [0.29, 0.717) is 13.0 Å². The lowest BCUT2D eigenvalue weighted by Gasteiger charge is -1.98. The van der Waals surface area contributed by atoms with E-state index in [1.807, 2.05) is 24.3 Å². The quantitative estimate of drug-likeness (QED) is 0.672. The van der Waals surface area contributed by atoms with Crippen LogP contribution in [0.4, 0.5) is 0 Å². The molecule has 0 unspecified atom stereocenters. The molecule has 0 aliphatic heterocycles. The van der Waals surface area contributed by atoms with Gasteiger partial charge in [0, 0.05) is 20.0 Å². The summed E-state index contributed by atoms with van der Waals surface area (Å²) in [6.45, 7) is 0.580. The first-order chi connectivity index (χ1) is 7.25. The van der Waals surface area contributed by atoms with Crippen LogP contribution >= 0.6 is 0 Å². The molecule has 2 rings (SSSR count). The number of hydrogen-bond acceptors (Lipinski definition) is 1. The Morgan fingerprint density at radius 3 is 2.67 bits per heavy atom. The van der Waals surface area contributed by atoms with Crippen LogP contribution in [-0.2, 0) is 13.6 Å². The Hall–Kier alpha value is -1.95. The van der Waals surface area contributed by atoms with Crippen LogP contribution in [0.5, 0.6) is 0 Å². The molecule has 3 nitrogen and oxygen atoms in total. The Labute approximate surface area is 87.9 Å². The fraction of sp³-hybridized carbons (Fsp3) is 0.250. The number of benzene rings is 1. The van der Waals surface area contributed by atoms with Crippen LogP contribution in [0.2, 0.25) is 0 Å². The van der Waals surface area contributed by atoms with Gasteiger partial charge >= 0.3 is 5.69 Å². The molecule has 1 aromatic carbocycles. The molecule has 0 aliphatic carbocycles. The van der Waals surface area contributed by atoms with Crippen LogP contribution < -0.4 is 5.69 Å². The van der Waals surface area contributed by atoms with Crippen LogP contribution in [0.3, 0.4) is 0 Å². The fourth-order valence-electron chi connectivity index (χ4n) is 1.76. The average Bonchev–Trinajstić information content (AvgIpc) is 2.51. The Bertz CT molecular complexity index is 584. The number of terminal acetylenes is 1. The van der Waals surface area contributed by atoms with Gasteiger partial charge in [-0.15, -0.1) is 12.3 Å². The second-order valence-electron chi connectivity index (χ2n) is 3.44. The van der Waals surface area contributed by atoms with Crippen molar-refractivity contribution in [3.8, 4) is 12.3 Å². The molecular weight excluding hydrogens is 188 g/mol. The SMILES string of the molecule is C#CCCn1c(=O)n(C)c2ccccc21. The van der Waals surface area contributed by atoms with Crippen molar-refractivity contribution in [2.45, 2.75) is 13.0 Å². The molecule has 0 amide bonds. The van der Waals surface area contributed by atoms with E-state index in [2.05, 4.69) is 5.92 Å². The number of nitrogens with zero attached hydrogens (tertiary/aromatic N) is 2. The Balaban J connectivity index is 2.68. The molecule has 0 N–H and O–H groups in total. The highest BCUT2D eigenvalue weighted by molar-refractivity contribution is 5.75. The third-order valence-electron chi connectivity index (χ3n) is 2.53. The van der Waals surface area contributed by atoms with Gasteiger partial charge in [-0.2, -0.15) is 0 Å². The first kappa shape index (κ1) is 9.60. The van der Waals surface area contributed by atoms with Gasteiger partial charge in [-0.1, -0.05) is 12.1 Å². The fourth-order valence-corrected chi connectivity index (χ4v) is 1.76. The zero-order valence-electron chi connectivity index (χ0n) is 8.60. The van der Waals surface area contributed by atoms with E-state index in [9.17, 15) is 4.79 Å². The molecule has 0 aliphatic rings. The van der Waals surface area contributed by atoms with Crippen molar-refractivity contribution in [2.75, 3.05) is 0 Å². The van der Waals surface area contributed by atoms with Crippen molar-refractivity contribution in [1.82, 2.24) is 9.13 Å². The van der Waals surface area contributed by atoms with Crippen molar-refractivity contribution in [3.05, 3.63) is 34.7 Å². The van der Waals surface area contributed by atoms with Crippen molar-refractivity contribution in [1.29, 1.82) is 0 Å². The minimum Gasteiger partial charge on any atom is -0.295 e. The number of imidazole rings is 1. The molecule has 0 saturated carbocycles. The van der Waals surface area contributed by atoms with Crippen molar-refractivity contribution in [3.63, 3.8) is 0 Å². The Morgan fingerprint density at radius 1 is 1.33 bits per heavy atom. The van der Waals surface area contributed by atoms with E-state index < -0.39 is 0 Å². The lowest BCUT2D eigenvalue weighted by molar-refractivity contribution is 0.682. The summed E-state index contributed by atoms with van der Waals surface area (Å²) in [6.07, 6.45) is 5.78. The van der Waals surface area contributed by atoms with Crippen LogP contribution in [0.1, 0.15) is 6.42 Å². The predicted octanol–water partition coefficient (Wildman–Crippen LogP) is 1.36. The summed E-state index contributed by atoms with van der Waals surface area (Å²) in [4.78, 5) is 11.9. The maximum Gasteiger partial charge on any atom is 0.328 e. The summed E-state index contributed by atoms with van der Waals surface area (Å²) in [5.41, 5.74) is 1.88. The second-order valence-corrected chi connectivity index (χ2v) is 3.44. The number of para-hydroxylation sites is 2. The van der Waals surface area contributed by atoms with Crippen LogP contribution in [0.15, 0.2) is 29.1 Å². The smallest absolute Gasteiger partial charge is 0.295 e. The summed E-state index contributed by atoms with van der Waals surface area (Å²) in [7, 11) is 1.77. The van der Waals surface area contributed by atoms with E-state index in [1.165, 1.54) is 0 Å². The van der Waals surface area contributed by atoms with Crippen molar-refractivity contribution in [2.24, 2.45) is 7.05 Å². The van der Waals surface area contributed by atoms with Crippen LogP contribution in [0, 0.1) is 12.3 Å². The van der Waals surface area contributed by atoms with E-state index in [0.717, 1.165) is 11.0 Å². The highest BCUT2D eigenvalue weighted by Gasteiger charge is 2.08. The first-order valence-electron chi connectivity index (χ1n) is 4.83. The standard InChI is InChI=1S/C12H12N2O/c1-3-4-9-14-11-8-6-5-7-10(11)13(2)12(14)15/h1,5-8H,4,9H2,2H3. The van der Waals surface area contributed by atoms with Crippen molar-refractivity contribution >= 4 is 11.0 Å². The van der Waals surface area contributed by atoms with Crippen molar-refractivity contribution < 1.29 is 0 Å². The first-order valence-corrected chi connectivity index (χ1v) is 4.83. The van der Waals surface area contributed by atoms with Gasteiger partial charge in [-0.25, -0.2) is 4.79 Å². The molecule has 0 radical (unpaired) electrons. The molecule has 0 fully saturated rings. The summed E-state index contributed by atoms with van der Waals surface area (Å²) < 4.78 is 3.36. The van der Waals surface area contributed by atoms with Gasteiger partial charge in [0.1, 0.15) is 0 Å². The third-order valence-corrected chi connectivity index (χ3v) is 2.53. The van der Waals surface area contributed by atoms with Gasteiger partial charge in [0.05, 0.1) is 11.0 Å². The average molecular weight is 200 g/mol. The molecule has 1 heterocycles. The normalized spacial score (nSPS) is 10.4. The largest absolute Gasteiger partial charge is 0.328 e. The van der Waals surface area contributed by atoms with Gasteiger partial charge in [-0.3, -0.25) is 9.13 Å². The number of rotatable bonds is 2. The summed E-state index contributed by atoms with van der Waals surface area (Å²) in [5, 5.41) is 0. The summed E-state index contributed by atoms with van der Waals surface area (Å²) >= 11 is 0. The molecule has 0 spiro atoms. The van der Waals surface area contributed by atoms with E-state index >= 15 is 0 Å². The highest BCUT2D eigenvalue weighted by atomic mass is 16.1. The lowest BCUT2D eigenvalue weighted by atomic mass is 10.3. The van der Waals surface area contributed by atoms with Gasteiger partial charge in [0.2, 0.25) is 0 Å². The Kier molecular flexibility index (Phi) is 2.34. The van der Waals surface area contributed by atoms with E-state index in [1.54, 1.807) is 16.2 Å². The molecule has 0 atom stereocenters. The van der Waals surface area contributed by atoms with Gasteiger partial charge in [0.25, 0.3) is 0 Å². The molecule has 76 valence electrons. The minimum absolute atomic E-state index is 0.00792. The minimum atomic E-state index is -0.00792. The lowest BCUT2D eigenvalue weighted by Crippen LogP contribution is -2.22. The number of hydrogen-bond donors (Lipinski definition) is 0. The van der Waals surface area contributed by atoms with Crippen LogP contribution in [0.25, 0.3) is 11.0 Å². The monoisotopic (exact) mass is 200 g/mol. The maximum atomic E-state index is 11.9. The second kappa shape index (κ2) is 3.66. The number of aryl methyl sites for hydroxylation is 2. The zero-order valence-corrected chi connectivity index (χ0v) is 8.60. The zero-order chi connectivity index (χ0) is 10.8. The molecule has 2 aromatic rings. The topological polar surface area (TPSA) is 26.9 Å². The van der Waals surface area contributed by atoms with E-state index in [-0.39, 0.29) is 5.69 Å². The molecule has 15 heavy (non-hydrogen) atoms. The molecule has 0 saturated heterocycles. The summed E-state index contributed by atoms with van der Waals surface area (Å²) in [6, 6.07) is 7.72. The highest BCUT2D eigenvalue weighted by Crippen LogP contribution is 2.11. The third kappa shape index (κ3) is 1.44. The number of aromatic nitrogens is 2. The predicted molar refractivity (Wildman–Crippen MR) is 60.6 cm³/mol.